The van der Waals surface area contributed by atoms with Gasteiger partial charge in [-0.15, -0.1) is 0 Å². The molecule has 0 radical (unpaired) electrons. The molecule has 0 saturated heterocycles. The van der Waals surface area contributed by atoms with Gasteiger partial charge in [-0.3, -0.25) is 4.68 Å². The van der Waals surface area contributed by atoms with Crippen LogP contribution in [0.2, 0.25) is 5.02 Å². The predicted octanol–water partition coefficient (Wildman–Crippen LogP) is 2.58. The van der Waals surface area contributed by atoms with E-state index in [2.05, 4.69) is 5.10 Å². The largest absolute Gasteiger partial charge is 0.476 e. The van der Waals surface area contributed by atoms with Crippen molar-refractivity contribution in [2.24, 2.45) is 7.05 Å². The third kappa shape index (κ3) is 2.14. The van der Waals surface area contributed by atoms with Crippen molar-refractivity contribution in [2.45, 2.75) is 0 Å². The van der Waals surface area contributed by atoms with Crippen LogP contribution in [0.15, 0.2) is 24.4 Å². The topological polar surface area (TPSA) is 55.1 Å². The van der Waals surface area contributed by atoms with Crippen molar-refractivity contribution in [1.82, 2.24) is 9.78 Å². The fourth-order valence-corrected chi connectivity index (χ4v) is 1.71. The molecule has 0 spiro atoms. The molecule has 0 aliphatic heterocycles. The number of hydrogen-bond acceptors (Lipinski definition) is 2. The lowest BCUT2D eigenvalue weighted by Gasteiger charge is -2.01. The SMILES string of the molecule is Cn1cc(-c2ccc(Cl)cc2F)c(C(=O)O)n1. The Kier molecular flexibility index (Phi) is 2.85. The molecule has 88 valence electrons. The molecular formula is C11H8ClFN2O2. The Hall–Kier alpha value is -1.88. The van der Waals surface area contributed by atoms with Crippen molar-refractivity contribution in [3.05, 3.63) is 40.9 Å². The molecule has 0 aliphatic rings. The zero-order chi connectivity index (χ0) is 12.6. The maximum Gasteiger partial charge on any atom is 0.357 e. The highest BCUT2D eigenvalue weighted by atomic mass is 35.5. The van der Waals surface area contributed by atoms with Crippen molar-refractivity contribution >= 4 is 17.6 Å². The number of halogens is 2. The number of aromatic carboxylic acids is 1. The van der Waals surface area contributed by atoms with Crippen molar-refractivity contribution in [3.8, 4) is 11.1 Å². The molecule has 4 nitrogen and oxygen atoms in total. The van der Waals surface area contributed by atoms with E-state index >= 15 is 0 Å². The number of rotatable bonds is 2. The van der Waals surface area contributed by atoms with Gasteiger partial charge in [-0.05, 0) is 18.2 Å². The maximum atomic E-state index is 13.7. The van der Waals surface area contributed by atoms with Gasteiger partial charge in [0.05, 0.1) is 0 Å². The fourth-order valence-electron chi connectivity index (χ4n) is 1.55. The van der Waals surface area contributed by atoms with Gasteiger partial charge in [0.2, 0.25) is 0 Å². The number of benzene rings is 1. The van der Waals surface area contributed by atoms with E-state index in [1.165, 1.54) is 23.0 Å². The lowest BCUT2D eigenvalue weighted by molar-refractivity contribution is 0.0690. The summed E-state index contributed by atoms with van der Waals surface area (Å²) in [4.78, 5) is 11.0. The van der Waals surface area contributed by atoms with Gasteiger partial charge in [0.15, 0.2) is 5.69 Å². The summed E-state index contributed by atoms with van der Waals surface area (Å²) in [5.74, 6) is -1.78. The van der Waals surface area contributed by atoms with E-state index in [9.17, 15) is 9.18 Å². The summed E-state index contributed by atoms with van der Waals surface area (Å²) in [6.07, 6.45) is 1.45. The number of nitrogens with zero attached hydrogens (tertiary/aromatic N) is 2. The zero-order valence-electron chi connectivity index (χ0n) is 8.82. The Morgan fingerprint density at radius 2 is 2.18 bits per heavy atom. The predicted molar refractivity (Wildman–Crippen MR) is 60.6 cm³/mol. The van der Waals surface area contributed by atoms with Gasteiger partial charge in [-0.1, -0.05) is 11.6 Å². The zero-order valence-corrected chi connectivity index (χ0v) is 9.57. The van der Waals surface area contributed by atoms with Crippen LogP contribution < -0.4 is 0 Å². The summed E-state index contributed by atoms with van der Waals surface area (Å²) in [5, 5.41) is 13.0. The standard InChI is InChI=1S/C11H8ClFN2O2/c1-15-5-8(10(14-15)11(16)17)7-3-2-6(12)4-9(7)13/h2-5H,1H3,(H,16,17). The average molecular weight is 255 g/mol. The Morgan fingerprint density at radius 1 is 1.47 bits per heavy atom. The molecule has 1 aromatic carbocycles. The summed E-state index contributed by atoms with van der Waals surface area (Å²) in [5.41, 5.74) is 0.211. The molecule has 1 heterocycles. The number of hydrogen-bond donors (Lipinski definition) is 1. The van der Waals surface area contributed by atoms with E-state index in [-0.39, 0.29) is 21.8 Å². The van der Waals surface area contributed by atoms with Gasteiger partial charge in [-0.2, -0.15) is 5.10 Å². The van der Waals surface area contributed by atoms with E-state index in [1.54, 1.807) is 7.05 Å². The van der Waals surface area contributed by atoms with Gasteiger partial charge in [0, 0.05) is 29.4 Å². The highest BCUT2D eigenvalue weighted by Gasteiger charge is 2.18. The molecule has 1 N–H and O–H groups in total. The number of carboxylic acid groups (broad SMARTS) is 1. The molecule has 0 saturated carbocycles. The molecule has 0 atom stereocenters. The Balaban J connectivity index is 2.63. The monoisotopic (exact) mass is 254 g/mol. The summed E-state index contributed by atoms with van der Waals surface area (Å²) >= 11 is 5.63. The Morgan fingerprint density at radius 3 is 2.76 bits per heavy atom. The highest BCUT2D eigenvalue weighted by Crippen LogP contribution is 2.27. The van der Waals surface area contributed by atoms with Crippen molar-refractivity contribution in [2.75, 3.05) is 0 Å². The van der Waals surface area contributed by atoms with Crippen molar-refractivity contribution < 1.29 is 14.3 Å². The van der Waals surface area contributed by atoms with Crippen molar-refractivity contribution in [3.63, 3.8) is 0 Å². The minimum atomic E-state index is -1.20. The third-order valence-corrected chi connectivity index (χ3v) is 2.49. The molecule has 0 bridgehead atoms. The second kappa shape index (κ2) is 4.18. The van der Waals surface area contributed by atoms with Crippen LogP contribution in [-0.4, -0.2) is 20.9 Å². The van der Waals surface area contributed by atoms with E-state index in [4.69, 9.17) is 16.7 Å². The molecule has 0 amide bonds. The van der Waals surface area contributed by atoms with Crippen LogP contribution in [0.4, 0.5) is 4.39 Å². The van der Waals surface area contributed by atoms with E-state index in [0.29, 0.717) is 0 Å². The smallest absolute Gasteiger partial charge is 0.357 e. The molecule has 2 aromatic rings. The molecule has 2 rings (SSSR count). The summed E-state index contributed by atoms with van der Waals surface area (Å²) in [6.45, 7) is 0. The normalized spacial score (nSPS) is 10.5. The lowest BCUT2D eigenvalue weighted by Crippen LogP contribution is -2.01. The molecule has 0 aliphatic carbocycles. The highest BCUT2D eigenvalue weighted by molar-refractivity contribution is 6.30. The van der Waals surface area contributed by atoms with E-state index < -0.39 is 11.8 Å². The van der Waals surface area contributed by atoms with Crippen LogP contribution in [-0.2, 0) is 7.05 Å². The molecule has 1 aromatic heterocycles. The molecule has 6 heteroatoms. The first-order valence-electron chi connectivity index (χ1n) is 4.71. The van der Waals surface area contributed by atoms with Crippen LogP contribution in [0.25, 0.3) is 11.1 Å². The first kappa shape index (κ1) is 11.6. The van der Waals surface area contributed by atoms with Gasteiger partial charge in [-0.25, -0.2) is 9.18 Å². The van der Waals surface area contributed by atoms with Gasteiger partial charge in [0.1, 0.15) is 5.82 Å². The maximum absolute atomic E-state index is 13.7. The van der Waals surface area contributed by atoms with Crippen LogP contribution in [0.1, 0.15) is 10.5 Å². The summed E-state index contributed by atoms with van der Waals surface area (Å²) < 4.78 is 15.0. The van der Waals surface area contributed by atoms with Crippen LogP contribution in [0.5, 0.6) is 0 Å². The second-order valence-corrected chi connectivity index (χ2v) is 3.93. The molecule has 0 unspecified atom stereocenters. The van der Waals surface area contributed by atoms with Gasteiger partial charge >= 0.3 is 5.97 Å². The number of aryl methyl sites for hydroxylation is 1. The fraction of sp³-hybridized carbons (Fsp3) is 0.0909. The van der Waals surface area contributed by atoms with Gasteiger partial charge in [0.25, 0.3) is 0 Å². The third-order valence-electron chi connectivity index (χ3n) is 2.25. The van der Waals surface area contributed by atoms with E-state index in [1.807, 2.05) is 0 Å². The van der Waals surface area contributed by atoms with E-state index in [0.717, 1.165) is 6.07 Å². The molecule has 17 heavy (non-hydrogen) atoms. The minimum absolute atomic E-state index is 0.167. The first-order chi connectivity index (χ1) is 7.99. The van der Waals surface area contributed by atoms with Crippen LogP contribution >= 0.6 is 11.6 Å². The first-order valence-corrected chi connectivity index (χ1v) is 5.09. The number of carboxylic acids is 1. The Bertz CT molecular complexity index is 595. The summed E-state index contributed by atoms with van der Waals surface area (Å²) in [6, 6.07) is 4.06. The Labute approximate surface area is 101 Å². The minimum Gasteiger partial charge on any atom is -0.476 e. The molecular weight excluding hydrogens is 247 g/mol. The van der Waals surface area contributed by atoms with Crippen LogP contribution in [0, 0.1) is 5.82 Å². The quantitative estimate of drug-likeness (QED) is 0.896. The average Bonchev–Trinajstić information content (AvgIpc) is 2.60. The van der Waals surface area contributed by atoms with Crippen molar-refractivity contribution in [1.29, 1.82) is 0 Å². The van der Waals surface area contributed by atoms with Gasteiger partial charge < -0.3 is 5.11 Å². The second-order valence-electron chi connectivity index (χ2n) is 3.49. The van der Waals surface area contributed by atoms with Crippen LogP contribution in [0.3, 0.4) is 0 Å². The molecule has 0 fully saturated rings. The lowest BCUT2D eigenvalue weighted by atomic mass is 10.1. The summed E-state index contributed by atoms with van der Waals surface area (Å²) in [7, 11) is 1.57. The number of aromatic nitrogens is 2. The number of carbonyl (C=O) groups is 1.